The van der Waals surface area contributed by atoms with Crippen LogP contribution in [0.15, 0.2) is 41.9 Å². The molecule has 1 aromatic rings. The second-order valence-corrected chi connectivity index (χ2v) is 6.02. The van der Waals surface area contributed by atoms with Crippen molar-refractivity contribution in [3.8, 4) is 0 Å². The fourth-order valence-electron chi connectivity index (χ4n) is 2.34. The van der Waals surface area contributed by atoms with Gasteiger partial charge in [-0.2, -0.15) is 0 Å². The van der Waals surface area contributed by atoms with Crippen LogP contribution >= 0.6 is 35.8 Å². The second-order valence-electron chi connectivity index (χ2n) is 4.51. The van der Waals surface area contributed by atoms with E-state index in [9.17, 15) is 9.59 Å². The summed E-state index contributed by atoms with van der Waals surface area (Å²) in [4.78, 5) is 24.8. The lowest BCUT2D eigenvalue weighted by molar-refractivity contribution is -0.689. The standard InChI is InChI=1S/C13H12ClN2O2S.ClH/c14-13(18)12-9(7-15-4-2-1-3-5-15)8-19-11-6-10(17)16(11)12;/h1-5,11H,6-8H2;1H/q+1;/t11-;/m1./s1. The van der Waals surface area contributed by atoms with Gasteiger partial charge in [0, 0.05) is 23.5 Å². The van der Waals surface area contributed by atoms with Crippen LogP contribution in [0.4, 0.5) is 0 Å². The molecule has 4 nitrogen and oxygen atoms in total. The van der Waals surface area contributed by atoms with Gasteiger partial charge in [-0.1, -0.05) is 6.07 Å². The minimum Gasteiger partial charge on any atom is -0.295 e. The van der Waals surface area contributed by atoms with Crippen LogP contribution in [0.5, 0.6) is 0 Å². The summed E-state index contributed by atoms with van der Waals surface area (Å²) < 4.78 is 1.97. The van der Waals surface area contributed by atoms with Crippen LogP contribution in [0, 0.1) is 0 Å². The maximum absolute atomic E-state index is 11.6. The van der Waals surface area contributed by atoms with Gasteiger partial charge in [0.25, 0.3) is 5.24 Å². The van der Waals surface area contributed by atoms with E-state index in [1.54, 1.807) is 16.7 Å². The lowest BCUT2D eigenvalue weighted by Crippen LogP contribution is -2.54. The SMILES string of the molecule is Cl.O=C(Cl)C1=C(C[n+]2ccccc2)CS[C@@H]2CC(=O)N12. The number of rotatable bonds is 3. The van der Waals surface area contributed by atoms with Gasteiger partial charge in [-0.05, 0) is 11.6 Å². The van der Waals surface area contributed by atoms with Crippen molar-refractivity contribution in [2.75, 3.05) is 5.75 Å². The predicted octanol–water partition coefficient (Wildman–Crippen LogP) is 1.72. The second kappa shape index (κ2) is 6.16. The number of nitrogens with zero attached hydrogens (tertiary/aromatic N) is 2. The first-order valence-corrected chi connectivity index (χ1v) is 7.39. The Kier molecular flexibility index (Phi) is 4.73. The number of hydrogen-bond donors (Lipinski definition) is 0. The molecule has 3 rings (SSSR count). The molecule has 0 saturated carbocycles. The molecule has 1 amide bonds. The van der Waals surface area contributed by atoms with E-state index in [-0.39, 0.29) is 23.7 Å². The van der Waals surface area contributed by atoms with Gasteiger partial charge in [-0.15, -0.1) is 24.2 Å². The lowest BCUT2D eigenvalue weighted by atomic mass is 10.1. The third-order valence-electron chi connectivity index (χ3n) is 3.27. The number of β-lactam (4-membered cyclic amide) rings is 1. The molecule has 0 N–H and O–H groups in total. The first-order valence-electron chi connectivity index (χ1n) is 5.96. The van der Waals surface area contributed by atoms with E-state index in [0.29, 0.717) is 18.7 Å². The lowest BCUT2D eigenvalue weighted by Gasteiger charge is -2.43. The molecule has 0 radical (unpaired) electrons. The molecule has 0 unspecified atom stereocenters. The molecule has 0 aliphatic carbocycles. The van der Waals surface area contributed by atoms with Gasteiger partial charge in [0.1, 0.15) is 5.70 Å². The van der Waals surface area contributed by atoms with Gasteiger partial charge in [-0.3, -0.25) is 14.5 Å². The first kappa shape index (κ1) is 15.4. The van der Waals surface area contributed by atoms with Crippen LogP contribution in [-0.2, 0) is 16.1 Å². The van der Waals surface area contributed by atoms with Crippen molar-refractivity contribution in [2.45, 2.75) is 18.3 Å². The van der Waals surface area contributed by atoms with E-state index < -0.39 is 5.24 Å². The summed E-state index contributed by atoms with van der Waals surface area (Å²) in [7, 11) is 0. The Hall–Kier alpha value is -1.04. The highest BCUT2D eigenvalue weighted by atomic mass is 35.5. The van der Waals surface area contributed by atoms with Crippen molar-refractivity contribution in [1.82, 2.24) is 4.90 Å². The van der Waals surface area contributed by atoms with Crippen molar-refractivity contribution in [1.29, 1.82) is 0 Å². The number of thioether (sulfide) groups is 1. The van der Waals surface area contributed by atoms with Crippen molar-refractivity contribution in [3.05, 3.63) is 41.9 Å². The van der Waals surface area contributed by atoms with Crippen LogP contribution < -0.4 is 4.57 Å². The molecule has 1 aromatic heterocycles. The highest BCUT2D eigenvalue weighted by molar-refractivity contribution is 8.00. The van der Waals surface area contributed by atoms with Gasteiger partial charge in [-0.25, -0.2) is 4.57 Å². The number of allylic oxidation sites excluding steroid dienone is 1. The van der Waals surface area contributed by atoms with E-state index in [4.69, 9.17) is 11.6 Å². The maximum atomic E-state index is 11.6. The molecule has 20 heavy (non-hydrogen) atoms. The third-order valence-corrected chi connectivity index (χ3v) is 4.72. The van der Waals surface area contributed by atoms with Crippen LogP contribution in [0.25, 0.3) is 0 Å². The minimum absolute atomic E-state index is 0. The Bertz CT molecular complexity index is 577. The summed E-state index contributed by atoms with van der Waals surface area (Å²) in [5.74, 6) is 0.723. The molecule has 0 spiro atoms. The summed E-state index contributed by atoms with van der Waals surface area (Å²) in [6.07, 6.45) is 4.36. The quantitative estimate of drug-likeness (QED) is 0.481. The van der Waals surface area contributed by atoms with Gasteiger partial charge in [0.2, 0.25) is 5.91 Å². The molecular weight excluding hydrogens is 319 g/mol. The molecule has 1 fully saturated rings. The number of amides is 1. The summed E-state index contributed by atoms with van der Waals surface area (Å²) in [5, 5.41) is -0.445. The zero-order chi connectivity index (χ0) is 13.4. The molecule has 2 aliphatic heterocycles. The van der Waals surface area contributed by atoms with E-state index in [1.165, 1.54) is 0 Å². The summed E-state index contributed by atoms with van der Waals surface area (Å²) in [6, 6.07) is 5.79. The molecule has 1 atom stereocenters. The van der Waals surface area contributed by atoms with Crippen molar-refractivity contribution in [2.24, 2.45) is 0 Å². The molecule has 0 bridgehead atoms. The molecule has 1 saturated heterocycles. The molecule has 2 aliphatic rings. The zero-order valence-electron chi connectivity index (χ0n) is 10.5. The Balaban J connectivity index is 0.00000147. The average Bonchev–Trinajstić information content (AvgIpc) is 2.39. The normalized spacial score (nSPS) is 20.9. The number of carbonyl (C=O) groups is 2. The van der Waals surface area contributed by atoms with E-state index >= 15 is 0 Å². The van der Waals surface area contributed by atoms with Crippen LogP contribution in [0.2, 0.25) is 0 Å². The third kappa shape index (κ3) is 2.71. The zero-order valence-corrected chi connectivity index (χ0v) is 12.9. The fraction of sp³-hybridized carbons (Fsp3) is 0.308. The van der Waals surface area contributed by atoms with Crippen LogP contribution in [0.3, 0.4) is 0 Å². The van der Waals surface area contributed by atoms with Crippen molar-refractivity contribution >= 4 is 46.9 Å². The number of aromatic nitrogens is 1. The largest absolute Gasteiger partial charge is 0.295 e. The summed E-state index contributed by atoms with van der Waals surface area (Å²) in [6.45, 7) is 0.581. The molecule has 3 heterocycles. The Morgan fingerprint density at radius 2 is 2.10 bits per heavy atom. The molecule has 106 valence electrons. The summed E-state index contributed by atoms with van der Waals surface area (Å²) in [5.41, 5.74) is 1.29. The maximum Gasteiger partial charge on any atom is 0.269 e. The number of halogens is 2. The monoisotopic (exact) mass is 331 g/mol. The van der Waals surface area contributed by atoms with Crippen molar-refractivity contribution in [3.63, 3.8) is 0 Å². The highest BCUT2D eigenvalue weighted by Gasteiger charge is 2.45. The Labute approximate surface area is 132 Å². The minimum atomic E-state index is -0.537. The Morgan fingerprint density at radius 3 is 2.70 bits per heavy atom. The highest BCUT2D eigenvalue weighted by Crippen LogP contribution is 2.40. The van der Waals surface area contributed by atoms with Gasteiger partial charge in [0.05, 0.1) is 11.8 Å². The molecule has 0 aromatic carbocycles. The summed E-state index contributed by atoms with van der Waals surface area (Å²) >= 11 is 7.36. The number of fused-ring (bicyclic) bond motifs is 1. The molecular formula is C13H13Cl2N2O2S+. The first-order chi connectivity index (χ1) is 9.16. The number of carbonyl (C=O) groups excluding carboxylic acids is 2. The van der Waals surface area contributed by atoms with Crippen molar-refractivity contribution < 1.29 is 14.2 Å². The van der Waals surface area contributed by atoms with Gasteiger partial charge in [0.15, 0.2) is 18.9 Å². The predicted molar refractivity (Wildman–Crippen MR) is 79.5 cm³/mol. The number of hydrogen-bond acceptors (Lipinski definition) is 3. The smallest absolute Gasteiger partial charge is 0.269 e. The van der Waals surface area contributed by atoms with E-state index in [2.05, 4.69) is 0 Å². The fourth-order valence-corrected chi connectivity index (χ4v) is 3.82. The van der Waals surface area contributed by atoms with E-state index in [1.807, 2.05) is 35.2 Å². The molecule has 7 heteroatoms. The average molecular weight is 332 g/mol. The van der Waals surface area contributed by atoms with Gasteiger partial charge < -0.3 is 0 Å². The van der Waals surface area contributed by atoms with Crippen LogP contribution in [0.1, 0.15) is 6.42 Å². The topological polar surface area (TPSA) is 41.3 Å². The Morgan fingerprint density at radius 1 is 1.40 bits per heavy atom. The van der Waals surface area contributed by atoms with Crippen LogP contribution in [-0.4, -0.2) is 27.2 Å². The van der Waals surface area contributed by atoms with E-state index in [0.717, 1.165) is 11.3 Å². The number of pyridine rings is 1. The van der Waals surface area contributed by atoms with Gasteiger partial charge >= 0.3 is 0 Å².